The highest BCUT2D eigenvalue weighted by molar-refractivity contribution is 5.99. The monoisotopic (exact) mass is 313 g/mol. The number of hydrogen-bond donors (Lipinski definition) is 0. The highest BCUT2D eigenvalue weighted by Gasteiger charge is 2.39. The molecule has 1 amide bonds. The molecule has 3 rings (SSSR count). The van der Waals surface area contributed by atoms with Crippen LogP contribution in [-0.4, -0.2) is 56.0 Å². The minimum Gasteiger partial charge on any atom is -0.369 e. The topological polar surface area (TPSA) is 26.8 Å². The molecule has 0 saturated carbocycles. The van der Waals surface area contributed by atoms with E-state index < -0.39 is 11.7 Å². The van der Waals surface area contributed by atoms with E-state index in [9.17, 15) is 18.0 Å². The summed E-state index contributed by atoms with van der Waals surface area (Å²) in [6.07, 6.45) is -4.45. The normalized spacial score (nSPS) is 19.8. The van der Waals surface area contributed by atoms with Crippen molar-refractivity contribution in [1.82, 2.24) is 9.80 Å². The molecular weight excluding hydrogens is 295 g/mol. The van der Waals surface area contributed by atoms with Gasteiger partial charge in [0, 0.05) is 51.0 Å². The van der Waals surface area contributed by atoms with Crippen molar-refractivity contribution in [3.63, 3.8) is 0 Å². The standard InChI is InChI=1S/C15H18F3N3O/c1-19-3-5-21(6-4-19)10-7-11-12(9-20(2)14(11)22)13(8-10)15(16,17)18/h7-8H,3-6,9H2,1-2H3. The maximum absolute atomic E-state index is 13.3. The number of likely N-dealkylation sites (N-methyl/N-ethyl adjacent to an activating group) is 1. The summed E-state index contributed by atoms with van der Waals surface area (Å²) in [7, 11) is 3.51. The molecule has 120 valence electrons. The van der Waals surface area contributed by atoms with E-state index in [2.05, 4.69) is 4.90 Å². The summed E-state index contributed by atoms with van der Waals surface area (Å²) >= 11 is 0. The van der Waals surface area contributed by atoms with Gasteiger partial charge in [0.25, 0.3) is 5.91 Å². The molecule has 2 aliphatic heterocycles. The van der Waals surface area contributed by atoms with Gasteiger partial charge in [0.2, 0.25) is 0 Å². The highest BCUT2D eigenvalue weighted by Crippen LogP contribution is 2.39. The van der Waals surface area contributed by atoms with Crippen molar-refractivity contribution < 1.29 is 18.0 Å². The Bertz CT molecular complexity index is 607. The van der Waals surface area contributed by atoms with Crippen LogP contribution in [0.5, 0.6) is 0 Å². The number of benzene rings is 1. The van der Waals surface area contributed by atoms with Crippen molar-refractivity contribution in [2.24, 2.45) is 0 Å². The SMILES string of the molecule is CN1CCN(c2cc3c(c(C(F)(F)F)c2)CN(C)C3=O)CC1. The molecule has 0 unspecified atom stereocenters. The summed E-state index contributed by atoms with van der Waals surface area (Å²) in [5.41, 5.74) is 0.0867. The van der Waals surface area contributed by atoms with Gasteiger partial charge in [0.15, 0.2) is 0 Å². The Balaban J connectivity index is 2.05. The maximum atomic E-state index is 13.3. The van der Waals surface area contributed by atoms with Gasteiger partial charge in [-0.1, -0.05) is 0 Å². The number of rotatable bonds is 1. The van der Waals surface area contributed by atoms with Crippen molar-refractivity contribution in [1.29, 1.82) is 0 Å². The van der Waals surface area contributed by atoms with E-state index in [1.54, 1.807) is 6.07 Å². The van der Waals surface area contributed by atoms with E-state index in [1.807, 2.05) is 11.9 Å². The molecule has 0 aliphatic carbocycles. The number of carbonyl (C=O) groups excluding carboxylic acids is 1. The first kappa shape index (κ1) is 15.1. The third-order valence-electron chi connectivity index (χ3n) is 4.38. The fraction of sp³-hybridized carbons (Fsp3) is 0.533. The molecule has 22 heavy (non-hydrogen) atoms. The van der Waals surface area contributed by atoms with Crippen molar-refractivity contribution >= 4 is 11.6 Å². The second-order valence-electron chi connectivity index (χ2n) is 5.97. The number of nitrogens with zero attached hydrogens (tertiary/aromatic N) is 3. The van der Waals surface area contributed by atoms with Crippen molar-refractivity contribution in [3.05, 3.63) is 28.8 Å². The van der Waals surface area contributed by atoms with E-state index >= 15 is 0 Å². The lowest BCUT2D eigenvalue weighted by atomic mass is 10.0. The van der Waals surface area contributed by atoms with Crippen LogP contribution in [0.25, 0.3) is 0 Å². The zero-order chi connectivity index (χ0) is 16.1. The molecule has 0 aromatic heterocycles. The molecule has 0 spiro atoms. The zero-order valence-corrected chi connectivity index (χ0v) is 12.6. The average Bonchev–Trinajstić information content (AvgIpc) is 2.73. The Morgan fingerprint density at radius 1 is 1.05 bits per heavy atom. The zero-order valence-electron chi connectivity index (χ0n) is 12.6. The van der Waals surface area contributed by atoms with Crippen LogP contribution in [0.4, 0.5) is 18.9 Å². The molecule has 1 saturated heterocycles. The van der Waals surface area contributed by atoms with Gasteiger partial charge in [-0.2, -0.15) is 13.2 Å². The number of piperazine rings is 1. The average molecular weight is 313 g/mol. The van der Waals surface area contributed by atoms with Crippen LogP contribution in [0.2, 0.25) is 0 Å². The Labute approximate surface area is 127 Å². The summed E-state index contributed by atoms with van der Waals surface area (Å²) in [6, 6.07) is 2.80. The fourth-order valence-corrected chi connectivity index (χ4v) is 3.03. The molecule has 7 heteroatoms. The number of anilines is 1. The van der Waals surface area contributed by atoms with E-state index in [-0.39, 0.29) is 23.6 Å². The summed E-state index contributed by atoms with van der Waals surface area (Å²) < 4.78 is 40.0. The van der Waals surface area contributed by atoms with Crippen LogP contribution in [0, 0.1) is 0 Å². The summed E-state index contributed by atoms with van der Waals surface area (Å²) in [6.45, 7) is 2.94. The highest BCUT2D eigenvalue weighted by atomic mass is 19.4. The van der Waals surface area contributed by atoms with Crippen molar-refractivity contribution in [2.45, 2.75) is 12.7 Å². The number of fused-ring (bicyclic) bond motifs is 1. The van der Waals surface area contributed by atoms with Crippen molar-refractivity contribution in [2.75, 3.05) is 45.2 Å². The number of amides is 1. The number of halogens is 3. The summed E-state index contributed by atoms with van der Waals surface area (Å²) in [5, 5.41) is 0. The van der Waals surface area contributed by atoms with Gasteiger partial charge in [-0.15, -0.1) is 0 Å². The molecule has 2 aliphatic rings. The smallest absolute Gasteiger partial charge is 0.369 e. The predicted molar refractivity (Wildman–Crippen MR) is 77.0 cm³/mol. The lowest BCUT2D eigenvalue weighted by molar-refractivity contribution is -0.138. The molecule has 0 radical (unpaired) electrons. The molecule has 1 fully saturated rings. The van der Waals surface area contributed by atoms with Gasteiger partial charge < -0.3 is 14.7 Å². The van der Waals surface area contributed by atoms with Gasteiger partial charge in [0.1, 0.15) is 0 Å². The van der Waals surface area contributed by atoms with Crippen molar-refractivity contribution in [3.8, 4) is 0 Å². The lowest BCUT2D eigenvalue weighted by Gasteiger charge is -2.34. The molecule has 1 aromatic rings. The number of hydrogen-bond acceptors (Lipinski definition) is 3. The van der Waals surface area contributed by atoms with Gasteiger partial charge >= 0.3 is 6.18 Å². The molecular formula is C15H18F3N3O. The molecule has 0 atom stereocenters. The second kappa shape index (κ2) is 5.15. The lowest BCUT2D eigenvalue weighted by Crippen LogP contribution is -2.44. The molecule has 0 bridgehead atoms. The van der Waals surface area contributed by atoms with Crippen LogP contribution in [0.15, 0.2) is 12.1 Å². The molecule has 0 N–H and O–H groups in total. The summed E-state index contributed by atoms with van der Waals surface area (Å²) in [4.78, 5) is 17.5. The fourth-order valence-electron chi connectivity index (χ4n) is 3.03. The minimum atomic E-state index is -4.45. The minimum absolute atomic E-state index is 0.0199. The van der Waals surface area contributed by atoms with Crippen LogP contribution in [0.3, 0.4) is 0 Å². The molecule has 1 aromatic carbocycles. The third kappa shape index (κ3) is 2.54. The molecule has 2 heterocycles. The Hall–Kier alpha value is -1.76. The van der Waals surface area contributed by atoms with Gasteiger partial charge in [0.05, 0.1) is 5.56 Å². The first-order chi connectivity index (χ1) is 10.3. The quantitative estimate of drug-likeness (QED) is 0.794. The largest absolute Gasteiger partial charge is 0.416 e. The number of carbonyl (C=O) groups is 1. The Morgan fingerprint density at radius 3 is 2.27 bits per heavy atom. The van der Waals surface area contributed by atoms with E-state index in [4.69, 9.17) is 0 Å². The first-order valence-electron chi connectivity index (χ1n) is 7.20. The Kier molecular flexibility index (Phi) is 3.55. The van der Waals surface area contributed by atoms with E-state index in [1.165, 1.54) is 18.0 Å². The summed E-state index contributed by atoms with van der Waals surface area (Å²) in [5.74, 6) is -0.337. The Morgan fingerprint density at radius 2 is 1.68 bits per heavy atom. The molecule has 4 nitrogen and oxygen atoms in total. The van der Waals surface area contributed by atoms with Crippen LogP contribution in [-0.2, 0) is 12.7 Å². The van der Waals surface area contributed by atoms with Gasteiger partial charge in [-0.05, 0) is 24.7 Å². The van der Waals surface area contributed by atoms with Crippen LogP contribution >= 0.6 is 0 Å². The van der Waals surface area contributed by atoms with E-state index in [0.29, 0.717) is 18.8 Å². The van der Waals surface area contributed by atoms with Crippen LogP contribution < -0.4 is 4.90 Å². The van der Waals surface area contributed by atoms with Gasteiger partial charge in [-0.25, -0.2) is 0 Å². The second-order valence-corrected chi connectivity index (χ2v) is 5.97. The first-order valence-corrected chi connectivity index (χ1v) is 7.20. The van der Waals surface area contributed by atoms with Crippen LogP contribution in [0.1, 0.15) is 21.5 Å². The third-order valence-corrected chi connectivity index (χ3v) is 4.38. The van der Waals surface area contributed by atoms with E-state index in [0.717, 1.165) is 13.1 Å². The number of alkyl halides is 3. The maximum Gasteiger partial charge on any atom is 0.416 e. The van der Waals surface area contributed by atoms with Gasteiger partial charge in [-0.3, -0.25) is 4.79 Å². The predicted octanol–water partition coefficient (Wildman–Crippen LogP) is 2.04.